The smallest absolute Gasteiger partial charge is 0.303 e. The van der Waals surface area contributed by atoms with Crippen LogP contribution in [0.25, 0.3) is 6.08 Å². The predicted molar refractivity (Wildman–Crippen MR) is 167 cm³/mol. The zero-order chi connectivity index (χ0) is 30.3. The molecule has 0 saturated heterocycles. The van der Waals surface area contributed by atoms with Crippen LogP contribution in [-0.4, -0.2) is 50.6 Å². The maximum atomic E-state index is 11.5. The molecular weight excluding hydrogens is 528 g/mol. The van der Waals surface area contributed by atoms with Gasteiger partial charge in [0.1, 0.15) is 0 Å². The Hall–Kier alpha value is -4.46. The highest BCUT2D eigenvalue weighted by atomic mass is 16.4. The largest absolute Gasteiger partial charge is 0.481 e. The Morgan fingerprint density at radius 2 is 1.71 bits per heavy atom. The summed E-state index contributed by atoms with van der Waals surface area (Å²) in [5, 5.41) is 22.6. The number of allylic oxidation sites excluding steroid dienone is 5. The molecule has 8 nitrogen and oxygen atoms in total. The number of nitrogens with one attached hydrogen (secondary N) is 2. The minimum absolute atomic E-state index is 0.000389. The predicted octanol–water partition coefficient (Wildman–Crippen LogP) is 5.95. The van der Waals surface area contributed by atoms with E-state index in [1.54, 1.807) is 0 Å². The third-order valence-electron chi connectivity index (χ3n) is 8.96. The number of nitrogens with zero attached hydrogens (tertiary/aromatic N) is 2. The first-order valence-electron chi connectivity index (χ1n) is 14.4. The third kappa shape index (κ3) is 5.29. The fourth-order valence-corrected chi connectivity index (χ4v) is 6.48. The summed E-state index contributed by atoms with van der Waals surface area (Å²) in [6.07, 6.45) is 9.80. The van der Waals surface area contributed by atoms with Crippen LogP contribution < -0.4 is 5.32 Å². The van der Waals surface area contributed by atoms with Gasteiger partial charge >= 0.3 is 11.9 Å². The molecule has 2 unspecified atom stereocenters. The number of carboxylic acids is 2. The average molecular weight is 567 g/mol. The molecule has 5 heterocycles. The van der Waals surface area contributed by atoms with Crippen LogP contribution in [0.5, 0.6) is 0 Å². The van der Waals surface area contributed by atoms with E-state index in [-0.39, 0.29) is 24.9 Å². The molecule has 4 aliphatic heterocycles. The number of carbonyl (C=O) groups is 2. The summed E-state index contributed by atoms with van der Waals surface area (Å²) in [6.45, 7) is 16.4. The normalized spacial score (nSPS) is 22.9. The van der Waals surface area contributed by atoms with Crippen molar-refractivity contribution in [1.29, 1.82) is 0 Å². The zero-order valence-electron chi connectivity index (χ0n) is 24.7. The van der Waals surface area contributed by atoms with Gasteiger partial charge < -0.3 is 20.5 Å². The minimum atomic E-state index is -0.860. The number of rotatable bonds is 8. The van der Waals surface area contributed by atoms with Crippen LogP contribution in [0.4, 0.5) is 0 Å². The Balaban J connectivity index is 1.71. The molecule has 0 fully saturated rings. The van der Waals surface area contributed by atoms with E-state index in [1.807, 2.05) is 32.1 Å². The second kappa shape index (κ2) is 11.4. The van der Waals surface area contributed by atoms with E-state index in [0.29, 0.717) is 25.7 Å². The topological polar surface area (TPSA) is 127 Å². The van der Waals surface area contributed by atoms with Crippen molar-refractivity contribution in [3.8, 4) is 0 Å². The molecule has 0 saturated carbocycles. The number of hydrogen-bond acceptors (Lipinski definition) is 5. The Labute approximate surface area is 246 Å². The average Bonchev–Trinajstić information content (AvgIpc) is 3.59. The number of aromatic amines is 1. The molecule has 2 atom stereocenters. The lowest BCUT2D eigenvalue weighted by Crippen LogP contribution is -2.27. The number of aromatic nitrogens is 1. The van der Waals surface area contributed by atoms with Crippen molar-refractivity contribution < 1.29 is 19.8 Å². The molecule has 5 rings (SSSR count). The number of carboxylic acid groups (broad SMARTS) is 2. The van der Waals surface area contributed by atoms with Crippen LogP contribution in [0.1, 0.15) is 69.0 Å². The fraction of sp³-hybridized carbons (Fsp3) is 0.353. The molecule has 1 aromatic heterocycles. The van der Waals surface area contributed by atoms with Crippen LogP contribution in [0.15, 0.2) is 86.2 Å². The van der Waals surface area contributed by atoms with Gasteiger partial charge in [0.2, 0.25) is 0 Å². The molecule has 0 aliphatic carbocycles. The highest BCUT2D eigenvalue weighted by Gasteiger charge is 2.32. The van der Waals surface area contributed by atoms with Crippen LogP contribution >= 0.6 is 0 Å². The molecule has 0 radical (unpaired) electrons. The van der Waals surface area contributed by atoms with Gasteiger partial charge in [-0.15, -0.1) is 0 Å². The quantitative estimate of drug-likeness (QED) is 0.309. The first kappa shape index (κ1) is 29.0. The third-order valence-corrected chi connectivity index (χ3v) is 8.96. The molecule has 218 valence electrons. The molecule has 4 N–H and O–H groups in total. The van der Waals surface area contributed by atoms with E-state index in [2.05, 4.69) is 43.4 Å². The molecule has 0 spiro atoms. The molecule has 42 heavy (non-hydrogen) atoms. The monoisotopic (exact) mass is 566 g/mol. The van der Waals surface area contributed by atoms with Crippen LogP contribution in [0, 0.1) is 6.92 Å². The molecular formula is C34H38N4O4. The summed E-state index contributed by atoms with van der Waals surface area (Å²) in [7, 11) is 0. The maximum Gasteiger partial charge on any atom is 0.303 e. The van der Waals surface area contributed by atoms with E-state index in [4.69, 9.17) is 9.98 Å². The van der Waals surface area contributed by atoms with Gasteiger partial charge in [0.25, 0.3) is 0 Å². The second-order valence-corrected chi connectivity index (χ2v) is 11.4. The molecule has 1 aromatic rings. The SMILES string of the molecule is C=CC1=C(C)C2CC3=N/C(=C\c4[nH]c(c(C)c4CCC(=O)O)CC4N=C(C=C1N2)C(C)=C4C=C)C(CCC(=O)O)=C3C. The van der Waals surface area contributed by atoms with E-state index in [0.717, 1.165) is 73.2 Å². The number of fused-ring (bicyclic) bond motifs is 6. The zero-order valence-corrected chi connectivity index (χ0v) is 24.7. The number of hydrogen-bond donors (Lipinski definition) is 4. The lowest BCUT2D eigenvalue weighted by Gasteiger charge is -2.15. The highest BCUT2D eigenvalue weighted by molar-refractivity contribution is 6.11. The van der Waals surface area contributed by atoms with Gasteiger partial charge in [0.05, 0.1) is 23.5 Å². The first-order chi connectivity index (χ1) is 20.0. The Kier molecular flexibility index (Phi) is 7.91. The van der Waals surface area contributed by atoms with Crippen molar-refractivity contribution in [2.24, 2.45) is 9.98 Å². The number of H-pyrrole nitrogens is 1. The second-order valence-electron chi connectivity index (χ2n) is 11.4. The van der Waals surface area contributed by atoms with Gasteiger partial charge in [-0.2, -0.15) is 0 Å². The van der Waals surface area contributed by atoms with Gasteiger partial charge in [-0.1, -0.05) is 25.3 Å². The van der Waals surface area contributed by atoms with Crippen LogP contribution in [-0.2, 0) is 22.4 Å². The lowest BCUT2D eigenvalue weighted by atomic mass is 9.95. The Bertz CT molecular complexity index is 1640. The van der Waals surface area contributed by atoms with E-state index in [9.17, 15) is 19.8 Å². The maximum absolute atomic E-state index is 11.5. The first-order valence-corrected chi connectivity index (χ1v) is 14.4. The summed E-state index contributed by atoms with van der Waals surface area (Å²) in [5.41, 5.74) is 13.5. The van der Waals surface area contributed by atoms with Gasteiger partial charge in [-0.3, -0.25) is 19.6 Å². The van der Waals surface area contributed by atoms with Crippen molar-refractivity contribution in [2.75, 3.05) is 0 Å². The minimum Gasteiger partial charge on any atom is -0.481 e. The standard InChI is InChI=1S/C34H38N4O4/c1-7-21-17(3)25-13-26-19(5)23(9-11-33(39)40)31(37-26)16-32-24(10-12-34(41)42)20(6)28(38-32)15-30-22(8-2)18(4)27(36-30)14-29(21)35-25/h7-8,14,16,25,30,35,38H,1-2,9-13,15H2,3-6H3,(H,39,40)(H,41,42)/b29-14?,31-16-. The lowest BCUT2D eigenvalue weighted by molar-refractivity contribution is -0.138. The van der Waals surface area contributed by atoms with Gasteiger partial charge in [0.15, 0.2) is 0 Å². The Morgan fingerprint density at radius 3 is 2.38 bits per heavy atom. The fourth-order valence-electron chi connectivity index (χ4n) is 6.48. The van der Waals surface area contributed by atoms with Gasteiger partial charge in [-0.25, -0.2) is 0 Å². The Morgan fingerprint density at radius 1 is 1.00 bits per heavy atom. The van der Waals surface area contributed by atoms with Crippen molar-refractivity contribution in [1.82, 2.24) is 10.3 Å². The van der Waals surface area contributed by atoms with E-state index < -0.39 is 11.9 Å². The molecule has 0 aromatic carbocycles. The molecule has 8 heteroatoms. The van der Waals surface area contributed by atoms with Crippen molar-refractivity contribution in [2.45, 2.75) is 78.3 Å². The summed E-state index contributed by atoms with van der Waals surface area (Å²) in [4.78, 5) is 36.9. The van der Waals surface area contributed by atoms with Crippen molar-refractivity contribution in [3.63, 3.8) is 0 Å². The summed E-state index contributed by atoms with van der Waals surface area (Å²) < 4.78 is 0. The van der Waals surface area contributed by atoms with E-state index >= 15 is 0 Å². The number of aliphatic carboxylic acids is 2. The van der Waals surface area contributed by atoms with Crippen LogP contribution in [0.2, 0.25) is 0 Å². The molecule has 0 amide bonds. The summed E-state index contributed by atoms with van der Waals surface area (Å²) in [5.74, 6) is -1.72. The van der Waals surface area contributed by atoms with Crippen LogP contribution in [0.3, 0.4) is 0 Å². The van der Waals surface area contributed by atoms with Crippen molar-refractivity contribution in [3.05, 3.63) is 98.7 Å². The molecule has 8 bridgehead atoms. The molecule has 4 aliphatic rings. The van der Waals surface area contributed by atoms with Gasteiger partial charge in [0, 0.05) is 48.5 Å². The summed E-state index contributed by atoms with van der Waals surface area (Å²) in [6, 6.07) is -0.136. The van der Waals surface area contributed by atoms with E-state index in [1.165, 1.54) is 5.57 Å². The number of aliphatic imine (C=N–C) groups is 2. The highest BCUT2D eigenvalue weighted by Crippen LogP contribution is 2.37. The van der Waals surface area contributed by atoms with Crippen molar-refractivity contribution >= 4 is 29.4 Å². The van der Waals surface area contributed by atoms with Gasteiger partial charge in [-0.05, 0) is 97.3 Å². The summed E-state index contributed by atoms with van der Waals surface area (Å²) >= 11 is 0.